The van der Waals surface area contributed by atoms with Crippen molar-refractivity contribution in [1.29, 1.82) is 0 Å². The van der Waals surface area contributed by atoms with Crippen molar-refractivity contribution in [3.63, 3.8) is 0 Å². The van der Waals surface area contributed by atoms with E-state index in [2.05, 4.69) is 47.7 Å². The van der Waals surface area contributed by atoms with E-state index in [0.29, 0.717) is 5.56 Å². The molecule has 0 radical (unpaired) electrons. The standard InChI is InChI=1S/C26H24N2O2/c1-17-24(19-12-6-9-15-22(19)28(17)4)26(21-14-8-10-16-23(21)27(2)3)20-13-7-5-11-18(20)25(29)30-26/h5-16H,1-4H3. The van der Waals surface area contributed by atoms with Gasteiger partial charge in [0.05, 0.1) is 5.56 Å². The Morgan fingerprint density at radius 1 is 0.867 bits per heavy atom. The van der Waals surface area contributed by atoms with Crippen LogP contribution in [0.5, 0.6) is 0 Å². The number of cyclic esters (lactones) is 1. The van der Waals surface area contributed by atoms with Crippen LogP contribution in [-0.4, -0.2) is 24.6 Å². The Hall–Kier alpha value is -3.53. The van der Waals surface area contributed by atoms with Crippen molar-refractivity contribution in [3.8, 4) is 0 Å². The molecular formula is C26H24N2O2. The van der Waals surface area contributed by atoms with E-state index >= 15 is 0 Å². The Kier molecular flexibility index (Phi) is 4.00. The molecule has 3 aromatic carbocycles. The smallest absolute Gasteiger partial charge is 0.340 e. The number of nitrogens with zero attached hydrogens (tertiary/aromatic N) is 2. The van der Waals surface area contributed by atoms with Gasteiger partial charge in [0.15, 0.2) is 5.60 Å². The van der Waals surface area contributed by atoms with Gasteiger partial charge in [-0.25, -0.2) is 4.79 Å². The molecule has 4 nitrogen and oxygen atoms in total. The van der Waals surface area contributed by atoms with Crippen LogP contribution in [0.4, 0.5) is 5.69 Å². The summed E-state index contributed by atoms with van der Waals surface area (Å²) in [6.45, 7) is 2.10. The summed E-state index contributed by atoms with van der Waals surface area (Å²) in [5.41, 5.74) is 5.71. The van der Waals surface area contributed by atoms with Gasteiger partial charge < -0.3 is 14.2 Å². The number of carbonyl (C=O) groups is 1. The molecule has 5 rings (SSSR count). The molecule has 30 heavy (non-hydrogen) atoms. The van der Waals surface area contributed by atoms with Gasteiger partial charge in [-0.05, 0) is 25.1 Å². The van der Waals surface area contributed by atoms with Crippen LogP contribution in [0.15, 0.2) is 72.8 Å². The average Bonchev–Trinajstić information content (AvgIpc) is 3.20. The molecule has 4 heteroatoms. The number of aryl methyl sites for hydroxylation is 1. The summed E-state index contributed by atoms with van der Waals surface area (Å²) in [6, 6.07) is 24.2. The number of rotatable bonds is 3. The third-order valence-corrected chi connectivity index (χ3v) is 6.29. The van der Waals surface area contributed by atoms with Crippen molar-refractivity contribution in [2.24, 2.45) is 7.05 Å². The van der Waals surface area contributed by atoms with E-state index in [-0.39, 0.29) is 5.97 Å². The summed E-state index contributed by atoms with van der Waals surface area (Å²) in [6.07, 6.45) is 0. The fourth-order valence-corrected chi connectivity index (χ4v) is 4.86. The first-order valence-corrected chi connectivity index (χ1v) is 10.1. The highest BCUT2D eigenvalue weighted by atomic mass is 16.6. The molecular weight excluding hydrogens is 372 g/mol. The molecule has 0 bridgehead atoms. The van der Waals surface area contributed by atoms with Gasteiger partial charge in [-0.15, -0.1) is 0 Å². The minimum absolute atomic E-state index is 0.286. The maximum absolute atomic E-state index is 13.1. The number of aromatic nitrogens is 1. The van der Waals surface area contributed by atoms with Crippen molar-refractivity contribution in [3.05, 3.63) is 101 Å². The lowest BCUT2D eigenvalue weighted by Gasteiger charge is -2.34. The molecule has 0 aliphatic carbocycles. The number of ether oxygens (including phenoxy) is 1. The molecule has 0 saturated carbocycles. The van der Waals surface area contributed by atoms with E-state index in [1.807, 2.05) is 62.6 Å². The number of carbonyl (C=O) groups excluding carboxylic acids is 1. The van der Waals surface area contributed by atoms with Gasteiger partial charge in [-0.1, -0.05) is 54.6 Å². The summed E-state index contributed by atoms with van der Waals surface area (Å²) in [7, 11) is 6.10. The van der Waals surface area contributed by atoms with Crippen LogP contribution in [0.25, 0.3) is 10.9 Å². The van der Waals surface area contributed by atoms with Gasteiger partial charge >= 0.3 is 5.97 Å². The third kappa shape index (κ3) is 2.31. The van der Waals surface area contributed by atoms with Gasteiger partial charge in [0.25, 0.3) is 0 Å². The first kappa shape index (κ1) is 18.5. The van der Waals surface area contributed by atoms with Crippen molar-refractivity contribution < 1.29 is 9.53 Å². The van der Waals surface area contributed by atoms with Crippen LogP contribution in [0, 0.1) is 6.92 Å². The van der Waals surface area contributed by atoms with Crippen LogP contribution in [0.1, 0.15) is 32.7 Å². The van der Waals surface area contributed by atoms with E-state index in [1.54, 1.807) is 0 Å². The van der Waals surface area contributed by atoms with Crippen molar-refractivity contribution in [2.75, 3.05) is 19.0 Å². The van der Waals surface area contributed by atoms with Gasteiger partial charge in [0, 0.05) is 60.1 Å². The highest BCUT2D eigenvalue weighted by Gasteiger charge is 2.52. The van der Waals surface area contributed by atoms with Crippen LogP contribution < -0.4 is 4.90 Å². The summed E-state index contributed by atoms with van der Waals surface area (Å²) in [5, 5.41) is 1.09. The monoisotopic (exact) mass is 396 g/mol. The number of esters is 1. The third-order valence-electron chi connectivity index (χ3n) is 6.29. The second kappa shape index (κ2) is 6.49. The summed E-state index contributed by atoms with van der Waals surface area (Å²) in [4.78, 5) is 15.2. The molecule has 1 atom stereocenters. The molecule has 0 N–H and O–H groups in total. The fraction of sp³-hybridized carbons (Fsp3) is 0.192. The van der Waals surface area contributed by atoms with E-state index in [9.17, 15) is 4.79 Å². The van der Waals surface area contributed by atoms with Crippen LogP contribution in [0.2, 0.25) is 0 Å². The minimum Gasteiger partial charge on any atom is -0.440 e. The van der Waals surface area contributed by atoms with E-state index in [1.165, 1.54) is 0 Å². The molecule has 1 aliphatic heterocycles. The molecule has 0 fully saturated rings. The molecule has 150 valence electrons. The van der Waals surface area contributed by atoms with Crippen molar-refractivity contribution >= 4 is 22.6 Å². The van der Waals surface area contributed by atoms with Crippen LogP contribution >= 0.6 is 0 Å². The lowest BCUT2D eigenvalue weighted by atomic mass is 9.77. The second-order valence-electron chi connectivity index (χ2n) is 8.06. The summed E-state index contributed by atoms with van der Waals surface area (Å²) < 4.78 is 8.59. The van der Waals surface area contributed by atoms with Gasteiger partial charge in [0.1, 0.15) is 0 Å². The molecule has 0 spiro atoms. The molecule has 0 saturated heterocycles. The lowest BCUT2D eigenvalue weighted by molar-refractivity contribution is 0.0255. The maximum Gasteiger partial charge on any atom is 0.340 e. The number of anilines is 1. The molecule has 0 amide bonds. The Labute approximate surface area is 176 Å². The topological polar surface area (TPSA) is 34.5 Å². The van der Waals surface area contributed by atoms with Gasteiger partial charge in [-0.2, -0.15) is 0 Å². The predicted octanol–water partition coefficient (Wildman–Crippen LogP) is 5.02. The van der Waals surface area contributed by atoms with Crippen molar-refractivity contribution in [2.45, 2.75) is 12.5 Å². The average molecular weight is 396 g/mol. The SMILES string of the molecule is Cc1c(C2(c3ccccc3N(C)C)OC(=O)c3ccccc32)c2ccccc2n1C. The Morgan fingerprint density at radius 2 is 1.50 bits per heavy atom. The van der Waals surface area contributed by atoms with Gasteiger partial charge in [0.2, 0.25) is 0 Å². The largest absolute Gasteiger partial charge is 0.440 e. The van der Waals surface area contributed by atoms with E-state index < -0.39 is 5.60 Å². The van der Waals surface area contributed by atoms with E-state index in [4.69, 9.17) is 4.74 Å². The maximum atomic E-state index is 13.1. The summed E-state index contributed by atoms with van der Waals surface area (Å²) in [5.74, 6) is -0.286. The molecule has 1 unspecified atom stereocenters. The zero-order valence-electron chi connectivity index (χ0n) is 17.6. The molecule has 1 aromatic heterocycles. The zero-order chi connectivity index (χ0) is 21.0. The Morgan fingerprint density at radius 3 is 2.27 bits per heavy atom. The fourth-order valence-electron chi connectivity index (χ4n) is 4.86. The van der Waals surface area contributed by atoms with Crippen LogP contribution in [-0.2, 0) is 17.4 Å². The number of hydrogen-bond acceptors (Lipinski definition) is 3. The number of para-hydroxylation sites is 2. The minimum atomic E-state index is -1.01. The van der Waals surface area contributed by atoms with Crippen molar-refractivity contribution in [1.82, 2.24) is 4.57 Å². The molecule has 1 aliphatic rings. The number of hydrogen-bond donors (Lipinski definition) is 0. The second-order valence-corrected chi connectivity index (χ2v) is 8.06. The first-order valence-electron chi connectivity index (χ1n) is 10.1. The number of fused-ring (bicyclic) bond motifs is 2. The predicted molar refractivity (Wildman–Crippen MR) is 120 cm³/mol. The highest BCUT2D eigenvalue weighted by molar-refractivity contribution is 5.99. The Balaban J connectivity index is 1.99. The lowest BCUT2D eigenvalue weighted by Crippen LogP contribution is -2.32. The van der Waals surface area contributed by atoms with Gasteiger partial charge in [-0.3, -0.25) is 0 Å². The van der Waals surface area contributed by atoms with E-state index in [0.717, 1.165) is 39.0 Å². The molecule has 4 aromatic rings. The zero-order valence-corrected chi connectivity index (χ0v) is 17.6. The highest BCUT2D eigenvalue weighted by Crippen LogP contribution is 2.52. The molecule has 2 heterocycles. The summed E-state index contributed by atoms with van der Waals surface area (Å²) >= 11 is 0. The first-order chi connectivity index (χ1) is 14.5. The normalized spacial score (nSPS) is 17.8. The number of benzene rings is 3. The quantitative estimate of drug-likeness (QED) is 0.456. The Bertz CT molecular complexity index is 1300. The van der Waals surface area contributed by atoms with Crippen LogP contribution in [0.3, 0.4) is 0 Å².